The Morgan fingerprint density at radius 2 is 1.41 bits per heavy atom. The quantitative estimate of drug-likeness (QED) is 0.335. The van der Waals surface area contributed by atoms with Crippen LogP contribution in [0.3, 0.4) is 0 Å². The molecule has 6 nitrogen and oxygen atoms in total. The Kier molecular flexibility index (Phi) is 6.24. The number of rotatable bonds is 4. The van der Waals surface area contributed by atoms with E-state index in [2.05, 4.69) is 32.6 Å². The number of aryl methyl sites for hydroxylation is 1. The van der Waals surface area contributed by atoms with Crippen molar-refractivity contribution >= 4 is 11.8 Å². The summed E-state index contributed by atoms with van der Waals surface area (Å²) in [6, 6.07) is 12.9. The standard InChI is InChI=1S/C18H11F3N6S.Pt/c1-12-8-10-26(24-12)14-4-2-6-16(22-14)28-17-7-3-5-15(23-17)27-11-9-13(25-27)18(19,20)21;/h2-9H,1H3;/q-2;+2. The molecule has 4 aromatic heterocycles. The van der Waals surface area contributed by atoms with E-state index in [0.717, 1.165) is 16.4 Å². The van der Waals surface area contributed by atoms with Crippen LogP contribution >= 0.6 is 11.8 Å². The van der Waals surface area contributed by atoms with Gasteiger partial charge in [-0.25, -0.2) is 0 Å². The third-order valence-electron chi connectivity index (χ3n) is 3.54. The maximum atomic E-state index is 12.7. The summed E-state index contributed by atoms with van der Waals surface area (Å²) >= 11 is 1.27. The van der Waals surface area contributed by atoms with Crippen molar-refractivity contribution in [1.82, 2.24) is 29.5 Å². The van der Waals surface area contributed by atoms with E-state index < -0.39 is 11.9 Å². The molecule has 29 heavy (non-hydrogen) atoms. The van der Waals surface area contributed by atoms with Gasteiger partial charge >= 0.3 is 27.2 Å². The molecule has 0 radical (unpaired) electrons. The van der Waals surface area contributed by atoms with Gasteiger partial charge < -0.3 is 9.36 Å². The van der Waals surface area contributed by atoms with E-state index in [-0.39, 0.29) is 26.9 Å². The normalized spacial score (nSPS) is 11.3. The monoisotopic (exact) mass is 595 g/mol. The van der Waals surface area contributed by atoms with E-state index in [0.29, 0.717) is 15.9 Å². The van der Waals surface area contributed by atoms with Gasteiger partial charge in [-0.15, -0.1) is 12.1 Å². The minimum Gasteiger partial charge on any atom is -0.343 e. The van der Waals surface area contributed by atoms with Crippen molar-refractivity contribution in [2.24, 2.45) is 0 Å². The van der Waals surface area contributed by atoms with Gasteiger partial charge in [-0.1, -0.05) is 55.3 Å². The molecule has 0 atom stereocenters. The average Bonchev–Trinajstić information content (AvgIpc) is 3.31. The number of hydrogen-bond donors (Lipinski definition) is 0. The molecular weight excluding hydrogens is 584 g/mol. The molecule has 0 unspecified atom stereocenters. The van der Waals surface area contributed by atoms with Crippen LogP contribution in [0.1, 0.15) is 11.4 Å². The van der Waals surface area contributed by atoms with Crippen LogP contribution in [0.2, 0.25) is 0 Å². The van der Waals surface area contributed by atoms with Crippen LogP contribution in [-0.4, -0.2) is 29.5 Å². The molecule has 0 fully saturated rings. The van der Waals surface area contributed by atoms with Gasteiger partial charge in [0.15, 0.2) is 0 Å². The molecular formula is C18H11F3N6PtS. The van der Waals surface area contributed by atoms with Crippen LogP contribution in [-0.2, 0) is 27.2 Å². The fourth-order valence-corrected chi connectivity index (χ4v) is 3.08. The van der Waals surface area contributed by atoms with Crippen LogP contribution in [0.5, 0.6) is 0 Å². The van der Waals surface area contributed by atoms with Crippen LogP contribution in [0, 0.1) is 19.3 Å². The summed E-state index contributed by atoms with van der Waals surface area (Å²) in [5.74, 6) is 0.831. The van der Waals surface area contributed by atoms with Crippen LogP contribution in [0.25, 0.3) is 11.6 Å². The van der Waals surface area contributed by atoms with Crippen LogP contribution in [0.15, 0.2) is 58.6 Å². The summed E-state index contributed by atoms with van der Waals surface area (Å²) in [6.07, 6.45) is 0.876. The fraction of sp³-hybridized carbons (Fsp3) is 0.111. The maximum absolute atomic E-state index is 12.7. The Morgan fingerprint density at radius 3 is 1.90 bits per heavy atom. The van der Waals surface area contributed by atoms with Crippen molar-refractivity contribution in [3.05, 3.63) is 72.3 Å². The third kappa shape index (κ3) is 4.94. The largest absolute Gasteiger partial charge is 2.00 e. The van der Waals surface area contributed by atoms with Gasteiger partial charge in [-0.3, -0.25) is 20.2 Å². The van der Waals surface area contributed by atoms with E-state index in [1.807, 2.05) is 13.0 Å². The Morgan fingerprint density at radius 1 is 0.862 bits per heavy atom. The van der Waals surface area contributed by atoms with Crippen LogP contribution < -0.4 is 0 Å². The molecule has 0 aliphatic carbocycles. The number of pyridine rings is 2. The summed E-state index contributed by atoms with van der Waals surface area (Å²) in [5.41, 5.74) is -0.199. The minimum absolute atomic E-state index is 0. The number of hydrogen-bond acceptors (Lipinski definition) is 5. The van der Waals surface area contributed by atoms with Crippen molar-refractivity contribution in [2.75, 3.05) is 0 Å². The first kappa shape index (κ1) is 21.3. The molecule has 4 heterocycles. The van der Waals surface area contributed by atoms with E-state index >= 15 is 0 Å². The zero-order valence-corrected chi connectivity index (χ0v) is 17.7. The molecule has 4 aromatic rings. The summed E-state index contributed by atoms with van der Waals surface area (Å²) in [7, 11) is 0. The first-order valence-electron chi connectivity index (χ1n) is 8.00. The average molecular weight is 595 g/mol. The second kappa shape index (κ2) is 8.50. The van der Waals surface area contributed by atoms with E-state index in [4.69, 9.17) is 0 Å². The number of alkyl halides is 3. The summed E-state index contributed by atoms with van der Waals surface area (Å²) in [6.45, 7) is 1.86. The van der Waals surface area contributed by atoms with Gasteiger partial charge in [0.25, 0.3) is 0 Å². The Bertz CT molecular complexity index is 1120. The van der Waals surface area contributed by atoms with Crippen molar-refractivity contribution in [1.29, 1.82) is 0 Å². The predicted molar refractivity (Wildman–Crippen MR) is 94.3 cm³/mol. The summed E-state index contributed by atoms with van der Waals surface area (Å²) in [4.78, 5) is 8.84. The molecule has 0 bridgehead atoms. The van der Waals surface area contributed by atoms with E-state index in [1.54, 1.807) is 41.1 Å². The molecule has 0 aromatic carbocycles. The third-order valence-corrected chi connectivity index (χ3v) is 4.41. The number of nitrogens with zero attached hydrogens (tertiary/aromatic N) is 6. The van der Waals surface area contributed by atoms with Crippen molar-refractivity contribution < 1.29 is 34.2 Å². The van der Waals surface area contributed by atoms with Crippen molar-refractivity contribution in [3.63, 3.8) is 0 Å². The predicted octanol–water partition coefficient (Wildman–Crippen LogP) is 3.92. The van der Waals surface area contributed by atoms with Crippen molar-refractivity contribution in [2.45, 2.75) is 23.2 Å². The fourth-order valence-electron chi connectivity index (χ4n) is 2.30. The minimum atomic E-state index is -4.53. The second-order valence-corrected chi connectivity index (χ2v) is 6.71. The van der Waals surface area contributed by atoms with E-state index in [1.165, 1.54) is 11.8 Å². The van der Waals surface area contributed by atoms with Gasteiger partial charge in [0.2, 0.25) is 0 Å². The summed E-state index contributed by atoms with van der Waals surface area (Å²) in [5, 5.41) is 8.97. The Hall–Kier alpha value is -2.45. The van der Waals surface area contributed by atoms with Crippen LogP contribution in [0.4, 0.5) is 13.2 Å². The molecule has 0 aliphatic rings. The maximum Gasteiger partial charge on any atom is 2.00 e. The van der Waals surface area contributed by atoms with Crippen molar-refractivity contribution in [3.8, 4) is 11.6 Å². The molecule has 11 heteroatoms. The zero-order valence-electron chi connectivity index (χ0n) is 14.7. The smallest absolute Gasteiger partial charge is 0.343 e. The SMILES string of the molecule is Cc1c[c-]n(-c2cccc(Sc3cccc(-n4[c-]cc(C(F)(F)F)n4)n3)n2)n1.[Pt+2]. The number of aromatic nitrogens is 6. The van der Waals surface area contributed by atoms with Gasteiger partial charge in [0.05, 0.1) is 27.4 Å². The molecule has 0 saturated carbocycles. The van der Waals surface area contributed by atoms with Gasteiger partial charge in [0.1, 0.15) is 0 Å². The Balaban J connectivity index is 0.00000240. The molecule has 0 N–H and O–H groups in total. The molecule has 0 saturated heterocycles. The molecule has 4 rings (SSSR count). The second-order valence-electron chi connectivity index (χ2n) is 5.66. The molecule has 0 amide bonds. The molecule has 0 spiro atoms. The molecule has 0 aliphatic heterocycles. The first-order valence-corrected chi connectivity index (χ1v) is 8.82. The van der Waals surface area contributed by atoms with Gasteiger partial charge in [-0.2, -0.15) is 13.2 Å². The zero-order chi connectivity index (χ0) is 19.7. The molecule has 150 valence electrons. The van der Waals surface area contributed by atoms with E-state index in [9.17, 15) is 13.2 Å². The summed E-state index contributed by atoms with van der Waals surface area (Å²) < 4.78 is 40.7. The van der Waals surface area contributed by atoms with Gasteiger partial charge in [-0.05, 0) is 17.8 Å². The topological polar surface area (TPSA) is 61.4 Å². The van der Waals surface area contributed by atoms with Gasteiger partial charge in [0, 0.05) is 0 Å². The number of halogens is 3. The Labute approximate surface area is 182 Å². The first-order chi connectivity index (χ1) is 13.4.